The van der Waals surface area contributed by atoms with E-state index in [4.69, 9.17) is 11.6 Å². The summed E-state index contributed by atoms with van der Waals surface area (Å²) in [5.74, 6) is 0.680. The van der Waals surface area contributed by atoms with Crippen LogP contribution in [0.2, 0.25) is 0 Å². The number of para-hydroxylation sites is 1. The first-order valence-electron chi connectivity index (χ1n) is 7.42. The number of hydrogen-bond donors (Lipinski definition) is 0. The van der Waals surface area contributed by atoms with Gasteiger partial charge >= 0.3 is 0 Å². The summed E-state index contributed by atoms with van der Waals surface area (Å²) in [6.07, 6.45) is 4.23. The van der Waals surface area contributed by atoms with Gasteiger partial charge in [0, 0.05) is 36.6 Å². The monoisotopic (exact) mass is 290 g/mol. The van der Waals surface area contributed by atoms with Gasteiger partial charge in [-0.3, -0.25) is 9.88 Å². The highest BCUT2D eigenvalue weighted by Crippen LogP contribution is 2.20. The van der Waals surface area contributed by atoms with Gasteiger partial charge in [-0.15, -0.1) is 11.6 Å². The van der Waals surface area contributed by atoms with Gasteiger partial charge in [0.05, 0.1) is 5.52 Å². The Hall–Kier alpha value is -1.12. The van der Waals surface area contributed by atoms with Gasteiger partial charge in [0.1, 0.15) is 0 Å². The molecule has 0 aliphatic heterocycles. The number of fused-ring (bicyclic) bond motifs is 1. The molecule has 0 aliphatic rings. The second-order valence-corrected chi connectivity index (χ2v) is 5.49. The number of halogens is 1. The van der Waals surface area contributed by atoms with Gasteiger partial charge in [-0.05, 0) is 30.5 Å². The van der Waals surface area contributed by atoms with Gasteiger partial charge in [0.2, 0.25) is 0 Å². The van der Waals surface area contributed by atoms with Crippen LogP contribution in [0.1, 0.15) is 32.3 Å². The molecule has 1 heterocycles. The fourth-order valence-corrected chi connectivity index (χ4v) is 3.03. The Kier molecular flexibility index (Phi) is 5.81. The summed E-state index contributed by atoms with van der Waals surface area (Å²) in [4.78, 5) is 6.93. The van der Waals surface area contributed by atoms with Gasteiger partial charge in [0.15, 0.2) is 0 Å². The third-order valence-corrected chi connectivity index (χ3v) is 4.11. The highest BCUT2D eigenvalue weighted by molar-refractivity contribution is 6.18. The maximum atomic E-state index is 5.98. The molecular weight excluding hydrogens is 268 g/mol. The summed E-state index contributed by atoms with van der Waals surface area (Å²) in [6, 6.07) is 11.1. The lowest BCUT2D eigenvalue weighted by Gasteiger charge is -2.30. The third-order valence-electron chi connectivity index (χ3n) is 3.94. The van der Waals surface area contributed by atoms with Crippen molar-refractivity contribution in [3.05, 3.63) is 42.1 Å². The van der Waals surface area contributed by atoms with Crippen LogP contribution < -0.4 is 0 Å². The zero-order valence-electron chi connectivity index (χ0n) is 12.3. The van der Waals surface area contributed by atoms with Crippen LogP contribution in [0, 0.1) is 0 Å². The lowest BCUT2D eigenvalue weighted by atomic mass is 10.1. The molecule has 0 radical (unpaired) electrons. The highest BCUT2D eigenvalue weighted by Gasteiger charge is 2.15. The molecule has 0 N–H and O–H groups in total. The van der Waals surface area contributed by atoms with Crippen LogP contribution in [0.25, 0.3) is 10.9 Å². The SMILES string of the molecule is CCC(CC)N(CCCl)Cc1ccnc2ccccc12. The second kappa shape index (κ2) is 7.61. The third kappa shape index (κ3) is 3.50. The van der Waals surface area contributed by atoms with Crippen molar-refractivity contribution in [2.24, 2.45) is 0 Å². The van der Waals surface area contributed by atoms with Crippen molar-refractivity contribution in [1.29, 1.82) is 0 Å². The van der Waals surface area contributed by atoms with Gasteiger partial charge < -0.3 is 0 Å². The molecule has 0 saturated carbocycles. The molecule has 2 nitrogen and oxygen atoms in total. The Bertz CT molecular complexity index is 532. The molecule has 108 valence electrons. The van der Waals surface area contributed by atoms with E-state index in [1.54, 1.807) is 0 Å². The van der Waals surface area contributed by atoms with Gasteiger partial charge in [-0.2, -0.15) is 0 Å². The molecule has 0 amide bonds. The molecule has 0 atom stereocenters. The molecule has 0 saturated heterocycles. The normalized spacial score (nSPS) is 11.7. The lowest BCUT2D eigenvalue weighted by molar-refractivity contribution is 0.189. The quantitative estimate of drug-likeness (QED) is 0.700. The average molecular weight is 291 g/mol. The van der Waals surface area contributed by atoms with E-state index in [0.717, 1.165) is 31.4 Å². The van der Waals surface area contributed by atoms with Crippen LogP contribution in [0.15, 0.2) is 36.5 Å². The van der Waals surface area contributed by atoms with Gasteiger partial charge in [-0.25, -0.2) is 0 Å². The first-order valence-corrected chi connectivity index (χ1v) is 7.96. The number of rotatable bonds is 7. The van der Waals surface area contributed by atoms with Crippen LogP contribution in [-0.4, -0.2) is 28.4 Å². The number of hydrogen-bond acceptors (Lipinski definition) is 2. The Balaban J connectivity index is 2.28. The van der Waals surface area contributed by atoms with E-state index < -0.39 is 0 Å². The smallest absolute Gasteiger partial charge is 0.0705 e. The minimum Gasteiger partial charge on any atom is -0.295 e. The van der Waals surface area contributed by atoms with E-state index >= 15 is 0 Å². The Morgan fingerprint density at radius 3 is 2.60 bits per heavy atom. The van der Waals surface area contributed by atoms with E-state index in [9.17, 15) is 0 Å². The van der Waals surface area contributed by atoms with Crippen molar-refractivity contribution in [3.8, 4) is 0 Å². The van der Waals surface area contributed by atoms with E-state index in [1.807, 2.05) is 12.3 Å². The van der Waals surface area contributed by atoms with Crippen LogP contribution >= 0.6 is 11.6 Å². The average Bonchev–Trinajstić information content (AvgIpc) is 2.49. The maximum Gasteiger partial charge on any atom is 0.0705 e. The van der Waals surface area contributed by atoms with Crippen LogP contribution in [-0.2, 0) is 6.54 Å². The van der Waals surface area contributed by atoms with E-state index in [0.29, 0.717) is 11.9 Å². The molecule has 1 aromatic heterocycles. The topological polar surface area (TPSA) is 16.1 Å². The molecule has 0 spiro atoms. The number of benzene rings is 1. The first-order chi connectivity index (χ1) is 9.80. The largest absolute Gasteiger partial charge is 0.295 e. The predicted molar refractivity (Wildman–Crippen MR) is 87.2 cm³/mol. The van der Waals surface area contributed by atoms with Crippen molar-refractivity contribution in [2.45, 2.75) is 39.3 Å². The summed E-state index contributed by atoms with van der Waals surface area (Å²) in [5, 5.41) is 1.25. The predicted octanol–water partition coefficient (Wildman–Crippen LogP) is 4.46. The molecule has 1 aromatic carbocycles. The molecule has 0 bridgehead atoms. The van der Waals surface area contributed by atoms with Crippen molar-refractivity contribution in [3.63, 3.8) is 0 Å². The summed E-state index contributed by atoms with van der Waals surface area (Å²) >= 11 is 5.98. The summed E-state index contributed by atoms with van der Waals surface area (Å²) in [7, 11) is 0. The fraction of sp³-hybridized carbons (Fsp3) is 0.471. The fourth-order valence-electron chi connectivity index (χ4n) is 2.82. The molecule has 2 rings (SSSR count). The minimum atomic E-state index is 0.598. The number of nitrogens with zero attached hydrogens (tertiary/aromatic N) is 2. The van der Waals surface area contributed by atoms with Gasteiger partial charge in [-0.1, -0.05) is 32.0 Å². The Morgan fingerprint density at radius 2 is 1.90 bits per heavy atom. The lowest BCUT2D eigenvalue weighted by Crippen LogP contribution is -2.35. The standard InChI is InChI=1S/C17H23ClN2/c1-3-15(4-2)20(12-10-18)13-14-9-11-19-17-8-6-5-7-16(14)17/h5-9,11,15H,3-4,10,12-13H2,1-2H3. The van der Waals surface area contributed by atoms with E-state index in [1.165, 1.54) is 10.9 Å². The zero-order chi connectivity index (χ0) is 14.4. The summed E-state index contributed by atoms with van der Waals surface area (Å²) < 4.78 is 0. The molecule has 0 unspecified atom stereocenters. The number of aromatic nitrogens is 1. The summed E-state index contributed by atoms with van der Waals surface area (Å²) in [5.41, 5.74) is 2.41. The van der Waals surface area contributed by atoms with Crippen LogP contribution in [0.5, 0.6) is 0 Å². The number of pyridine rings is 1. The second-order valence-electron chi connectivity index (χ2n) is 5.12. The van der Waals surface area contributed by atoms with Crippen molar-refractivity contribution < 1.29 is 0 Å². The van der Waals surface area contributed by atoms with Crippen molar-refractivity contribution >= 4 is 22.5 Å². The first kappa shape index (κ1) is 15.3. The molecule has 3 heteroatoms. The van der Waals surface area contributed by atoms with Crippen LogP contribution in [0.4, 0.5) is 0 Å². The van der Waals surface area contributed by atoms with E-state index in [-0.39, 0.29) is 0 Å². The molecule has 20 heavy (non-hydrogen) atoms. The van der Waals surface area contributed by atoms with Crippen molar-refractivity contribution in [2.75, 3.05) is 12.4 Å². The maximum absolute atomic E-state index is 5.98. The summed E-state index contributed by atoms with van der Waals surface area (Å²) in [6.45, 7) is 6.38. The molecule has 0 fully saturated rings. The number of alkyl halides is 1. The van der Waals surface area contributed by atoms with Crippen LogP contribution in [0.3, 0.4) is 0 Å². The zero-order valence-corrected chi connectivity index (χ0v) is 13.1. The molecular formula is C17H23ClN2. The Labute approximate surface area is 126 Å². The van der Waals surface area contributed by atoms with E-state index in [2.05, 4.69) is 48.0 Å². The molecule has 2 aromatic rings. The molecule has 0 aliphatic carbocycles. The highest BCUT2D eigenvalue weighted by atomic mass is 35.5. The minimum absolute atomic E-state index is 0.598. The Morgan fingerprint density at radius 1 is 1.15 bits per heavy atom. The van der Waals surface area contributed by atoms with Gasteiger partial charge in [0.25, 0.3) is 0 Å². The van der Waals surface area contributed by atoms with Crippen molar-refractivity contribution in [1.82, 2.24) is 9.88 Å².